The molecule has 0 bridgehead atoms. The minimum absolute atomic E-state index is 0.0765. The monoisotopic (exact) mass is 233 g/mol. The summed E-state index contributed by atoms with van der Waals surface area (Å²) in [6.45, 7) is 3.99. The van der Waals surface area contributed by atoms with E-state index < -0.39 is 5.41 Å². The molecule has 0 aliphatic rings. The summed E-state index contributed by atoms with van der Waals surface area (Å²) in [5, 5.41) is 14.4. The number of anilines is 1. The van der Waals surface area contributed by atoms with E-state index in [1.54, 1.807) is 20.9 Å². The lowest BCUT2D eigenvalue weighted by Crippen LogP contribution is -2.39. The Morgan fingerprint density at radius 1 is 1.47 bits per heavy atom. The normalized spacial score (nSPS) is 10.5. The van der Waals surface area contributed by atoms with E-state index in [9.17, 15) is 4.79 Å². The van der Waals surface area contributed by atoms with Crippen LogP contribution in [-0.4, -0.2) is 29.5 Å². The molecule has 6 nitrogen and oxygen atoms in total. The zero-order valence-electron chi connectivity index (χ0n) is 10.1. The third kappa shape index (κ3) is 3.14. The van der Waals surface area contributed by atoms with Gasteiger partial charge in [0.1, 0.15) is 6.07 Å². The van der Waals surface area contributed by atoms with Crippen molar-refractivity contribution in [1.82, 2.24) is 15.3 Å². The summed E-state index contributed by atoms with van der Waals surface area (Å²) in [6, 6.07) is 1.94. The highest BCUT2D eigenvalue weighted by Gasteiger charge is 2.26. The molecule has 0 saturated heterocycles. The molecule has 1 rings (SSSR count). The van der Waals surface area contributed by atoms with Gasteiger partial charge in [0, 0.05) is 26.0 Å². The first-order valence-electron chi connectivity index (χ1n) is 5.18. The van der Waals surface area contributed by atoms with Crippen LogP contribution in [0.2, 0.25) is 0 Å². The molecule has 90 valence electrons. The molecule has 1 amide bonds. The molecular weight excluding hydrogens is 218 g/mol. The van der Waals surface area contributed by atoms with E-state index in [0.29, 0.717) is 12.4 Å². The van der Waals surface area contributed by atoms with Gasteiger partial charge >= 0.3 is 0 Å². The number of nitrogens with zero attached hydrogens (tertiary/aromatic N) is 3. The molecule has 2 N–H and O–H groups in total. The van der Waals surface area contributed by atoms with E-state index in [1.807, 2.05) is 6.07 Å². The lowest BCUT2D eigenvalue weighted by atomic mass is 9.92. The molecule has 0 aliphatic heterocycles. The Hall–Kier alpha value is -2.16. The van der Waals surface area contributed by atoms with Gasteiger partial charge in [-0.25, -0.2) is 9.97 Å². The van der Waals surface area contributed by atoms with Gasteiger partial charge in [-0.05, 0) is 13.8 Å². The maximum absolute atomic E-state index is 11.6. The minimum Gasteiger partial charge on any atom is -0.367 e. The number of nitrogens with one attached hydrogen (secondary N) is 2. The summed E-state index contributed by atoms with van der Waals surface area (Å²) in [4.78, 5) is 19.4. The van der Waals surface area contributed by atoms with E-state index in [0.717, 1.165) is 0 Å². The van der Waals surface area contributed by atoms with Crippen LogP contribution in [-0.2, 0) is 4.79 Å². The van der Waals surface area contributed by atoms with Gasteiger partial charge in [0.25, 0.3) is 0 Å². The first kappa shape index (κ1) is 12.9. The number of amides is 1. The van der Waals surface area contributed by atoms with Crippen LogP contribution in [0.4, 0.5) is 5.82 Å². The van der Waals surface area contributed by atoms with Crippen molar-refractivity contribution in [2.75, 3.05) is 18.9 Å². The van der Waals surface area contributed by atoms with Crippen LogP contribution in [0.5, 0.6) is 0 Å². The highest BCUT2D eigenvalue weighted by Crippen LogP contribution is 2.16. The van der Waals surface area contributed by atoms with E-state index >= 15 is 0 Å². The van der Waals surface area contributed by atoms with Gasteiger partial charge in [0.2, 0.25) is 5.91 Å². The van der Waals surface area contributed by atoms with Gasteiger partial charge < -0.3 is 10.6 Å². The van der Waals surface area contributed by atoms with Gasteiger partial charge in [0.15, 0.2) is 11.5 Å². The molecule has 0 aliphatic carbocycles. The Bertz CT molecular complexity index is 449. The summed E-state index contributed by atoms with van der Waals surface area (Å²) in [5.74, 6) is 0.319. The molecule has 6 heteroatoms. The summed E-state index contributed by atoms with van der Waals surface area (Å²) < 4.78 is 0. The smallest absolute Gasteiger partial charge is 0.227 e. The Morgan fingerprint density at radius 3 is 2.71 bits per heavy atom. The summed E-state index contributed by atoms with van der Waals surface area (Å²) >= 11 is 0. The van der Waals surface area contributed by atoms with E-state index in [2.05, 4.69) is 20.6 Å². The van der Waals surface area contributed by atoms with Crippen molar-refractivity contribution < 1.29 is 4.79 Å². The maximum Gasteiger partial charge on any atom is 0.227 e. The van der Waals surface area contributed by atoms with E-state index in [4.69, 9.17) is 5.26 Å². The van der Waals surface area contributed by atoms with Crippen molar-refractivity contribution in [3.63, 3.8) is 0 Å². The van der Waals surface area contributed by atoms with Crippen molar-refractivity contribution in [3.05, 3.63) is 18.1 Å². The first-order valence-corrected chi connectivity index (χ1v) is 5.18. The Kier molecular flexibility index (Phi) is 3.99. The first-order chi connectivity index (χ1) is 8.01. The minimum atomic E-state index is -0.584. The number of nitriles is 1. The predicted octanol–water partition coefficient (Wildman–Crippen LogP) is 0.532. The second-order valence-electron chi connectivity index (χ2n) is 4.18. The molecule has 0 spiro atoms. The van der Waals surface area contributed by atoms with Crippen LogP contribution in [0.15, 0.2) is 12.4 Å². The molecule has 0 radical (unpaired) electrons. The second-order valence-corrected chi connectivity index (χ2v) is 4.18. The molecule has 0 saturated carbocycles. The number of carbonyl (C=O) groups is 1. The zero-order chi connectivity index (χ0) is 12.9. The van der Waals surface area contributed by atoms with Gasteiger partial charge in [-0.3, -0.25) is 4.79 Å². The van der Waals surface area contributed by atoms with Crippen LogP contribution in [0.3, 0.4) is 0 Å². The Labute approximate surface area is 100 Å². The molecule has 1 aromatic rings. The van der Waals surface area contributed by atoms with Gasteiger partial charge in [0.05, 0.1) is 5.41 Å². The van der Waals surface area contributed by atoms with Crippen molar-refractivity contribution in [2.45, 2.75) is 13.8 Å². The zero-order valence-corrected chi connectivity index (χ0v) is 10.1. The summed E-state index contributed by atoms with van der Waals surface area (Å²) in [5.41, 5.74) is -0.362. The van der Waals surface area contributed by atoms with Crippen molar-refractivity contribution in [1.29, 1.82) is 5.26 Å². The summed E-state index contributed by atoms with van der Waals surface area (Å²) in [6.07, 6.45) is 2.95. The predicted molar refractivity (Wildman–Crippen MR) is 63.1 cm³/mol. The molecule has 0 atom stereocenters. The van der Waals surface area contributed by atoms with Gasteiger partial charge in [-0.1, -0.05) is 0 Å². The number of aromatic nitrogens is 2. The third-order valence-corrected chi connectivity index (χ3v) is 2.34. The van der Waals surface area contributed by atoms with Crippen LogP contribution in [0, 0.1) is 16.7 Å². The highest BCUT2D eigenvalue weighted by molar-refractivity contribution is 5.82. The Morgan fingerprint density at radius 2 is 2.12 bits per heavy atom. The fourth-order valence-electron chi connectivity index (χ4n) is 1.27. The highest BCUT2D eigenvalue weighted by atomic mass is 16.2. The lowest BCUT2D eigenvalue weighted by molar-refractivity contribution is -0.128. The average molecular weight is 233 g/mol. The van der Waals surface area contributed by atoms with E-state index in [1.165, 1.54) is 12.4 Å². The number of rotatable bonds is 4. The number of hydrogen-bond donors (Lipinski definition) is 2. The number of carbonyl (C=O) groups excluding carboxylic acids is 1. The van der Waals surface area contributed by atoms with Gasteiger partial charge in [-0.2, -0.15) is 5.26 Å². The largest absolute Gasteiger partial charge is 0.367 e. The van der Waals surface area contributed by atoms with Gasteiger partial charge in [-0.15, -0.1) is 0 Å². The van der Waals surface area contributed by atoms with Crippen LogP contribution in [0.25, 0.3) is 0 Å². The molecule has 1 aromatic heterocycles. The third-order valence-electron chi connectivity index (χ3n) is 2.34. The lowest BCUT2D eigenvalue weighted by Gasteiger charge is -2.23. The molecule has 17 heavy (non-hydrogen) atoms. The molecular formula is C11H15N5O. The molecule has 0 fully saturated rings. The average Bonchev–Trinajstić information content (AvgIpc) is 2.35. The maximum atomic E-state index is 11.6. The summed E-state index contributed by atoms with van der Waals surface area (Å²) in [7, 11) is 1.59. The molecule has 1 heterocycles. The molecule has 0 unspecified atom stereocenters. The van der Waals surface area contributed by atoms with E-state index in [-0.39, 0.29) is 11.6 Å². The van der Waals surface area contributed by atoms with Crippen LogP contribution < -0.4 is 10.6 Å². The fraction of sp³-hybridized carbons (Fsp3) is 0.455. The van der Waals surface area contributed by atoms with Crippen molar-refractivity contribution >= 4 is 11.7 Å². The van der Waals surface area contributed by atoms with Crippen molar-refractivity contribution in [2.24, 2.45) is 5.41 Å². The molecule has 0 aromatic carbocycles. The van der Waals surface area contributed by atoms with Crippen LogP contribution in [0.1, 0.15) is 19.5 Å². The SMILES string of the molecule is CNC(=O)C(C)(C)CNc1nccnc1C#N. The quantitative estimate of drug-likeness (QED) is 0.791. The number of hydrogen-bond acceptors (Lipinski definition) is 5. The topological polar surface area (TPSA) is 90.7 Å². The Balaban J connectivity index is 2.74. The second kappa shape index (κ2) is 5.25. The van der Waals surface area contributed by atoms with Crippen molar-refractivity contribution in [3.8, 4) is 6.07 Å². The van der Waals surface area contributed by atoms with Crippen LogP contribution >= 0.6 is 0 Å². The fourth-order valence-corrected chi connectivity index (χ4v) is 1.27. The standard InChI is InChI=1S/C11H15N5O/c1-11(2,10(17)13-3)7-16-9-8(6-12)14-4-5-15-9/h4-5H,7H2,1-3H3,(H,13,17)(H,15,16).